The van der Waals surface area contributed by atoms with Gasteiger partial charge in [-0.3, -0.25) is 4.79 Å². The quantitative estimate of drug-likeness (QED) is 0.858. The summed E-state index contributed by atoms with van der Waals surface area (Å²) >= 11 is 0. The van der Waals surface area contributed by atoms with Crippen LogP contribution in [0.15, 0.2) is 29.2 Å². The summed E-state index contributed by atoms with van der Waals surface area (Å²) in [5, 5.41) is 0. The van der Waals surface area contributed by atoms with Crippen LogP contribution in [0.25, 0.3) is 0 Å². The number of benzene rings is 1. The number of carbonyl (C=O) groups is 1. The highest BCUT2D eigenvalue weighted by atomic mass is 32.2. The van der Waals surface area contributed by atoms with Gasteiger partial charge in [0.05, 0.1) is 4.90 Å². The van der Waals surface area contributed by atoms with Crippen molar-refractivity contribution in [2.24, 2.45) is 0 Å². The molecule has 0 bridgehead atoms. The average molecular weight is 322 g/mol. The van der Waals surface area contributed by atoms with Crippen molar-refractivity contribution in [3.63, 3.8) is 0 Å². The SMILES string of the molecule is O=C1CCCCN1c1ccc(S(=O)(=O)N2CCCCC2)cc1. The Balaban J connectivity index is 1.80. The minimum atomic E-state index is -3.39. The fourth-order valence-electron chi connectivity index (χ4n) is 3.13. The maximum Gasteiger partial charge on any atom is 0.243 e. The van der Waals surface area contributed by atoms with Gasteiger partial charge in [-0.25, -0.2) is 8.42 Å². The standard InChI is InChI=1S/C16H22N2O3S/c19-16-6-2-5-13-18(16)14-7-9-15(10-8-14)22(20,21)17-11-3-1-4-12-17/h7-10H,1-6,11-13H2. The number of carbonyl (C=O) groups excluding carboxylic acids is 1. The normalized spacial score (nSPS) is 21.1. The Kier molecular flexibility index (Phi) is 4.49. The van der Waals surface area contributed by atoms with E-state index < -0.39 is 10.0 Å². The van der Waals surface area contributed by atoms with Crippen molar-refractivity contribution in [1.29, 1.82) is 0 Å². The molecule has 1 amide bonds. The van der Waals surface area contributed by atoms with E-state index in [0.717, 1.165) is 44.3 Å². The molecule has 0 spiro atoms. The fraction of sp³-hybridized carbons (Fsp3) is 0.562. The maximum absolute atomic E-state index is 12.6. The number of amides is 1. The lowest BCUT2D eigenvalue weighted by Crippen LogP contribution is -2.36. The van der Waals surface area contributed by atoms with Crippen molar-refractivity contribution < 1.29 is 13.2 Å². The van der Waals surface area contributed by atoms with Crippen molar-refractivity contribution in [2.45, 2.75) is 43.4 Å². The zero-order valence-electron chi connectivity index (χ0n) is 12.7. The van der Waals surface area contributed by atoms with E-state index in [9.17, 15) is 13.2 Å². The summed E-state index contributed by atoms with van der Waals surface area (Å²) in [6.45, 7) is 1.93. The third-order valence-corrected chi connectivity index (χ3v) is 6.34. The summed E-state index contributed by atoms with van der Waals surface area (Å²) in [5.74, 6) is 0.123. The van der Waals surface area contributed by atoms with Crippen LogP contribution in [0.2, 0.25) is 0 Å². The van der Waals surface area contributed by atoms with Gasteiger partial charge in [0.25, 0.3) is 0 Å². The van der Waals surface area contributed by atoms with Gasteiger partial charge in [0.1, 0.15) is 0 Å². The summed E-state index contributed by atoms with van der Waals surface area (Å²) in [6.07, 6.45) is 5.48. The monoisotopic (exact) mass is 322 g/mol. The average Bonchev–Trinajstić information content (AvgIpc) is 2.56. The van der Waals surface area contributed by atoms with Crippen LogP contribution in [0.4, 0.5) is 5.69 Å². The van der Waals surface area contributed by atoms with Gasteiger partial charge in [-0.2, -0.15) is 4.31 Å². The molecule has 0 aliphatic carbocycles. The fourth-order valence-corrected chi connectivity index (χ4v) is 4.65. The molecule has 3 rings (SSSR count). The molecule has 5 nitrogen and oxygen atoms in total. The third-order valence-electron chi connectivity index (χ3n) is 4.42. The highest BCUT2D eigenvalue weighted by molar-refractivity contribution is 7.89. The molecule has 2 aliphatic rings. The van der Waals surface area contributed by atoms with Crippen LogP contribution in [0.1, 0.15) is 38.5 Å². The topological polar surface area (TPSA) is 57.7 Å². The molecule has 0 saturated carbocycles. The molecule has 0 unspecified atom stereocenters. The Morgan fingerprint density at radius 3 is 2.09 bits per heavy atom. The van der Waals surface area contributed by atoms with Crippen molar-refractivity contribution in [1.82, 2.24) is 4.31 Å². The van der Waals surface area contributed by atoms with Gasteiger partial charge in [-0.05, 0) is 49.9 Å². The molecule has 2 fully saturated rings. The highest BCUT2D eigenvalue weighted by Crippen LogP contribution is 2.25. The second-order valence-electron chi connectivity index (χ2n) is 5.96. The Morgan fingerprint density at radius 1 is 0.818 bits per heavy atom. The number of anilines is 1. The van der Waals surface area contributed by atoms with Crippen LogP contribution < -0.4 is 4.90 Å². The van der Waals surface area contributed by atoms with Crippen molar-refractivity contribution in [3.8, 4) is 0 Å². The number of hydrogen-bond acceptors (Lipinski definition) is 3. The first-order chi connectivity index (χ1) is 10.6. The summed E-state index contributed by atoms with van der Waals surface area (Å²) in [5.41, 5.74) is 0.794. The number of rotatable bonds is 3. The van der Waals surface area contributed by atoms with Crippen LogP contribution in [-0.4, -0.2) is 38.3 Å². The summed E-state index contributed by atoms with van der Waals surface area (Å²) in [4.78, 5) is 14.0. The van der Waals surface area contributed by atoms with E-state index in [2.05, 4.69) is 0 Å². The second kappa shape index (κ2) is 6.38. The number of sulfonamides is 1. The smallest absolute Gasteiger partial charge is 0.243 e. The van der Waals surface area contributed by atoms with Gasteiger partial charge < -0.3 is 4.90 Å². The zero-order valence-corrected chi connectivity index (χ0v) is 13.5. The first-order valence-corrected chi connectivity index (χ1v) is 9.44. The van der Waals surface area contributed by atoms with Gasteiger partial charge in [0, 0.05) is 31.7 Å². The van der Waals surface area contributed by atoms with E-state index in [0.29, 0.717) is 24.4 Å². The molecule has 2 heterocycles. The summed E-state index contributed by atoms with van der Waals surface area (Å²) in [6, 6.07) is 6.75. The third kappa shape index (κ3) is 3.03. The van der Waals surface area contributed by atoms with Crippen molar-refractivity contribution >= 4 is 21.6 Å². The molecule has 0 N–H and O–H groups in total. The van der Waals surface area contributed by atoms with E-state index in [1.165, 1.54) is 0 Å². The lowest BCUT2D eigenvalue weighted by molar-refractivity contribution is -0.119. The van der Waals surface area contributed by atoms with Crippen LogP contribution in [0.3, 0.4) is 0 Å². The van der Waals surface area contributed by atoms with Gasteiger partial charge in [-0.1, -0.05) is 6.42 Å². The zero-order chi connectivity index (χ0) is 15.6. The van der Waals surface area contributed by atoms with Gasteiger partial charge in [0.2, 0.25) is 15.9 Å². The number of nitrogens with zero attached hydrogens (tertiary/aromatic N) is 2. The molecular formula is C16H22N2O3S. The molecule has 120 valence electrons. The van der Waals surface area contributed by atoms with Crippen molar-refractivity contribution in [2.75, 3.05) is 24.5 Å². The summed E-state index contributed by atoms with van der Waals surface area (Å²) in [7, 11) is -3.39. The Bertz CT molecular complexity index is 634. The second-order valence-corrected chi connectivity index (χ2v) is 7.90. The first-order valence-electron chi connectivity index (χ1n) is 7.99. The lowest BCUT2D eigenvalue weighted by atomic mass is 10.1. The number of hydrogen-bond donors (Lipinski definition) is 0. The molecule has 2 aliphatic heterocycles. The van der Waals surface area contributed by atoms with Gasteiger partial charge in [-0.15, -0.1) is 0 Å². The predicted octanol–water partition coefficient (Wildman–Crippen LogP) is 2.38. The molecule has 22 heavy (non-hydrogen) atoms. The molecule has 1 aromatic rings. The minimum absolute atomic E-state index is 0.123. The Hall–Kier alpha value is -1.40. The molecule has 0 radical (unpaired) electrons. The molecule has 0 atom stereocenters. The van der Waals surface area contributed by atoms with Gasteiger partial charge in [0.15, 0.2) is 0 Å². The minimum Gasteiger partial charge on any atom is -0.312 e. The maximum atomic E-state index is 12.6. The first kappa shape index (κ1) is 15.5. The van der Waals surface area contributed by atoms with Gasteiger partial charge >= 0.3 is 0 Å². The van der Waals surface area contributed by atoms with E-state index in [4.69, 9.17) is 0 Å². The number of piperidine rings is 2. The largest absolute Gasteiger partial charge is 0.312 e. The van der Waals surface area contributed by atoms with Crippen LogP contribution in [0, 0.1) is 0 Å². The van der Waals surface area contributed by atoms with Crippen LogP contribution in [0.5, 0.6) is 0 Å². The van der Waals surface area contributed by atoms with Crippen molar-refractivity contribution in [3.05, 3.63) is 24.3 Å². The van der Waals surface area contributed by atoms with Crippen LogP contribution >= 0.6 is 0 Å². The highest BCUT2D eigenvalue weighted by Gasteiger charge is 2.26. The predicted molar refractivity (Wildman–Crippen MR) is 85.3 cm³/mol. The molecule has 0 aromatic heterocycles. The van der Waals surface area contributed by atoms with E-state index in [1.54, 1.807) is 33.5 Å². The van der Waals surface area contributed by atoms with E-state index >= 15 is 0 Å². The lowest BCUT2D eigenvalue weighted by Gasteiger charge is -2.28. The molecule has 2 saturated heterocycles. The molecular weight excluding hydrogens is 300 g/mol. The molecule has 6 heteroatoms. The Morgan fingerprint density at radius 2 is 1.45 bits per heavy atom. The Labute approximate surface area is 132 Å². The molecule has 1 aromatic carbocycles. The summed E-state index contributed by atoms with van der Waals surface area (Å²) < 4.78 is 26.7. The van der Waals surface area contributed by atoms with Crippen LogP contribution in [-0.2, 0) is 14.8 Å². The van der Waals surface area contributed by atoms with E-state index in [1.807, 2.05) is 0 Å². The van der Waals surface area contributed by atoms with E-state index in [-0.39, 0.29) is 5.91 Å².